The van der Waals surface area contributed by atoms with Gasteiger partial charge in [0.2, 0.25) is 0 Å². The van der Waals surface area contributed by atoms with Gasteiger partial charge in [-0.2, -0.15) is 0 Å². The zero-order chi connectivity index (χ0) is 18.6. The smallest absolute Gasteiger partial charge is 0.262 e. The molecule has 5 nitrogen and oxygen atoms in total. The minimum absolute atomic E-state index is 0.00809. The lowest BCUT2D eigenvalue weighted by atomic mass is 10.2. The molecule has 2 heterocycles. The van der Waals surface area contributed by atoms with Gasteiger partial charge in [-0.15, -0.1) is 0 Å². The Hall–Kier alpha value is -2.31. The van der Waals surface area contributed by atoms with Crippen LogP contribution in [0.1, 0.15) is 18.4 Å². The number of para-hydroxylation sites is 1. The van der Waals surface area contributed by atoms with Gasteiger partial charge in [0.1, 0.15) is 5.75 Å². The molecule has 0 unspecified atom stereocenters. The number of fused-ring (bicyclic) bond motifs is 1. The van der Waals surface area contributed by atoms with Crippen LogP contribution in [0.3, 0.4) is 0 Å². The molecule has 1 fully saturated rings. The monoisotopic (exact) mass is 382 g/mol. The Labute approximate surface area is 162 Å². The van der Waals surface area contributed by atoms with E-state index >= 15 is 0 Å². The van der Waals surface area contributed by atoms with Crippen molar-refractivity contribution >= 4 is 22.7 Å². The number of thioether (sulfide) groups is 1. The predicted molar refractivity (Wildman–Crippen MR) is 108 cm³/mol. The van der Waals surface area contributed by atoms with Crippen molar-refractivity contribution in [2.24, 2.45) is 0 Å². The molecule has 1 saturated heterocycles. The number of hydrogen-bond acceptors (Lipinski definition) is 5. The maximum Gasteiger partial charge on any atom is 0.262 e. The fraction of sp³-hybridized carbons (Fsp3) is 0.333. The quantitative estimate of drug-likeness (QED) is 0.480. The number of hydrogen-bond donors (Lipinski definition) is 0. The predicted octanol–water partition coefficient (Wildman–Crippen LogP) is 3.72. The van der Waals surface area contributed by atoms with Crippen molar-refractivity contribution in [2.45, 2.75) is 30.6 Å². The number of ether oxygens (including phenoxy) is 2. The lowest BCUT2D eigenvalue weighted by Crippen LogP contribution is -2.24. The molecule has 27 heavy (non-hydrogen) atoms. The normalized spacial score (nSPS) is 16.7. The van der Waals surface area contributed by atoms with Gasteiger partial charge in [-0.1, -0.05) is 36.0 Å². The molecule has 6 heteroatoms. The summed E-state index contributed by atoms with van der Waals surface area (Å²) >= 11 is 1.60. The zero-order valence-corrected chi connectivity index (χ0v) is 16.1. The number of methoxy groups -OCH3 is 1. The van der Waals surface area contributed by atoms with Crippen molar-refractivity contribution in [3.8, 4) is 5.75 Å². The van der Waals surface area contributed by atoms with Crippen LogP contribution >= 0.6 is 11.8 Å². The average molecular weight is 382 g/mol. The molecule has 3 aromatic rings. The lowest BCUT2D eigenvalue weighted by Gasteiger charge is -2.15. The Morgan fingerprint density at radius 2 is 2.04 bits per heavy atom. The molecular formula is C21H22N2O3S. The standard InChI is InChI=1S/C21H22N2O3S/c1-25-16-10-8-15(9-11-16)13-23-20(24)18-6-2-3-7-19(18)22-21(23)27-14-17-5-4-12-26-17/h2-3,6-11,17H,4-5,12-14H2,1H3/t17-/m1/s1. The van der Waals surface area contributed by atoms with E-state index in [9.17, 15) is 4.79 Å². The van der Waals surface area contributed by atoms with Gasteiger partial charge in [-0.3, -0.25) is 9.36 Å². The maximum absolute atomic E-state index is 13.1. The molecule has 0 bridgehead atoms. The molecule has 140 valence electrons. The molecule has 0 spiro atoms. The average Bonchev–Trinajstić information content (AvgIpc) is 3.23. The summed E-state index contributed by atoms with van der Waals surface area (Å²) in [5.74, 6) is 1.61. The van der Waals surface area contributed by atoms with Crippen molar-refractivity contribution in [1.82, 2.24) is 9.55 Å². The van der Waals surface area contributed by atoms with Crippen molar-refractivity contribution in [2.75, 3.05) is 19.5 Å². The van der Waals surface area contributed by atoms with Gasteiger partial charge in [-0.05, 0) is 42.7 Å². The highest BCUT2D eigenvalue weighted by Crippen LogP contribution is 2.24. The summed E-state index contributed by atoms with van der Waals surface area (Å²) in [4.78, 5) is 17.9. The summed E-state index contributed by atoms with van der Waals surface area (Å²) in [6.07, 6.45) is 2.42. The number of rotatable bonds is 6. The van der Waals surface area contributed by atoms with E-state index in [0.29, 0.717) is 11.9 Å². The van der Waals surface area contributed by atoms with Crippen molar-refractivity contribution in [3.05, 3.63) is 64.4 Å². The first kappa shape index (κ1) is 18.1. The van der Waals surface area contributed by atoms with E-state index in [4.69, 9.17) is 14.5 Å². The third-order valence-corrected chi connectivity index (χ3v) is 5.86. The molecule has 2 aromatic carbocycles. The second-order valence-corrected chi connectivity index (χ2v) is 7.58. The number of nitrogens with zero attached hydrogens (tertiary/aromatic N) is 2. The molecule has 1 aliphatic heterocycles. The molecule has 0 amide bonds. The Morgan fingerprint density at radius 3 is 2.78 bits per heavy atom. The van der Waals surface area contributed by atoms with Gasteiger partial charge < -0.3 is 9.47 Å². The fourth-order valence-corrected chi connectivity index (χ4v) is 4.32. The second kappa shape index (κ2) is 8.15. The van der Waals surface area contributed by atoms with E-state index in [2.05, 4.69) is 0 Å². The van der Waals surface area contributed by atoms with E-state index in [0.717, 1.165) is 47.2 Å². The van der Waals surface area contributed by atoms with Crippen LogP contribution in [0.2, 0.25) is 0 Å². The zero-order valence-electron chi connectivity index (χ0n) is 15.3. The maximum atomic E-state index is 13.1. The van der Waals surface area contributed by atoms with Gasteiger partial charge in [0.15, 0.2) is 5.16 Å². The van der Waals surface area contributed by atoms with Gasteiger partial charge in [0.05, 0.1) is 30.7 Å². The fourth-order valence-electron chi connectivity index (χ4n) is 3.25. The van der Waals surface area contributed by atoms with Gasteiger partial charge in [0.25, 0.3) is 5.56 Å². The molecule has 0 radical (unpaired) electrons. The minimum atomic E-state index is -0.00809. The Morgan fingerprint density at radius 1 is 1.22 bits per heavy atom. The highest BCUT2D eigenvalue weighted by Gasteiger charge is 2.18. The third-order valence-electron chi connectivity index (χ3n) is 4.75. The summed E-state index contributed by atoms with van der Waals surface area (Å²) in [7, 11) is 1.65. The summed E-state index contributed by atoms with van der Waals surface area (Å²) in [6.45, 7) is 1.31. The topological polar surface area (TPSA) is 53.4 Å². The van der Waals surface area contributed by atoms with Crippen LogP contribution in [0, 0.1) is 0 Å². The Kier molecular flexibility index (Phi) is 5.45. The van der Waals surface area contributed by atoms with Crippen LogP contribution in [0.4, 0.5) is 0 Å². The van der Waals surface area contributed by atoms with E-state index in [1.165, 1.54) is 0 Å². The van der Waals surface area contributed by atoms with Crippen molar-refractivity contribution in [1.29, 1.82) is 0 Å². The molecule has 0 aliphatic carbocycles. The summed E-state index contributed by atoms with van der Waals surface area (Å²) in [5.41, 5.74) is 1.77. The van der Waals surface area contributed by atoms with Crippen LogP contribution in [-0.4, -0.2) is 35.1 Å². The van der Waals surface area contributed by atoms with Crippen molar-refractivity contribution < 1.29 is 9.47 Å². The highest BCUT2D eigenvalue weighted by atomic mass is 32.2. The first-order chi connectivity index (χ1) is 13.2. The highest BCUT2D eigenvalue weighted by molar-refractivity contribution is 7.99. The molecule has 4 rings (SSSR count). The Bertz CT molecular complexity index is 979. The molecule has 1 atom stereocenters. The van der Waals surface area contributed by atoms with Crippen LogP contribution in [0.25, 0.3) is 10.9 Å². The van der Waals surface area contributed by atoms with Crippen LogP contribution in [0.15, 0.2) is 58.5 Å². The molecule has 1 aromatic heterocycles. The summed E-state index contributed by atoms with van der Waals surface area (Å²) < 4.78 is 12.7. The van der Waals surface area contributed by atoms with Crippen LogP contribution in [-0.2, 0) is 11.3 Å². The first-order valence-corrected chi connectivity index (χ1v) is 10.1. The van der Waals surface area contributed by atoms with Gasteiger partial charge in [-0.25, -0.2) is 4.98 Å². The van der Waals surface area contributed by atoms with E-state index in [-0.39, 0.29) is 11.7 Å². The summed E-state index contributed by atoms with van der Waals surface area (Å²) in [6, 6.07) is 15.3. The second-order valence-electron chi connectivity index (χ2n) is 6.60. The molecule has 0 N–H and O–H groups in total. The van der Waals surface area contributed by atoms with Crippen LogP contribution in [0.5, 0.6) is 5.75 Å². The first-order valence-electron chi connectivity index (χ1n) is 9.11. The molecule has 0 saturated carbocycles. The van der Waals surface area contributed by atoms with Gasteiger partial charge in [0, 0.05) is 12.4 Å². The number of aromatic nitrogens is 2. The van der Waals surface area contributed by atoms with Crippen LogP contribution < -0.4 is 10.3 Å². The SMILES string of the molecule is COc1ccc(Cn2c(SC[C@H]3CCCO3)nc3ccccc3c2=O)cc1. The Balaban J connectivity index is 1.69. The minimum Gasteiger partial charge on any atom is -0.497 e. The number of benzene rings is 2. The van der Waals surface area contributed by atoms with Gasteiger partial charge >= 0.3 is 0 Å². The lowest BCUT2D eigenvalue weighted by molar-refractivity contribution is 0.129. The third kappa shape index (κ3) is 4.01. The van der Waals surface area contributed by atoms with E-state index in [1.54, 1.807) is 23.4 Å². The molecular weight excluding hydrogens is 360 g/mol. The summed E-state index contributed by atoms with van der Waals surface area (Å²) in [5, 5.41) is 1.39. The molecule has 1 aliphatic rings. The van der Waals surface area contributed by atoms with E-state index < -0.39 is 0 Å². The largest absolute Gasteiger partial charge is 0.497 e. The van der Waals surface area contributed by atoms with Crippen molar-refractivity contribution in [3.63, 3.8) is 0 Å². The van der Waals surface area contributed by atoms with E-state index in [1.807, 2.05) is 48.5 Å².